The zero-order valence-corrected chi connectivity index (χ0v) is 10.4. The molecule has 1 aromatic rings. The van der Waals surface area contributed by atoms with E-state index in [2.05, 4.69) is 47.2 Å². The Morgan fingerprint density at radius 2 is 2.07 bits per heavy atom. The van der Waals surface area contributed by atoms with Crippen LogP contribution in [0, 0.1) is 13.8 Å². The van der Waals surface area contributed by atoms with E-state index >= 15 is 0 Å². The molecule has 0 saturated heterocycles. The van der Waals surface area contributed by atoms with Gasteiger partial charge in [0.15, 0.2) is 0 Å². The summed E-state index contributed by atoms with van der Waals surface area (Å²) in [4.78, 5) is 0. The molecule has 2 nitrogen and oxygen atoms in total. The van der Waals surface area contributed by atoms with E-state index in [0.29, 0.717) is 0 Å². The number of rotatable bonds is 4. The molecule has 0 bridgehead atoms. The third kappa shape index (κ3) is 3.00. The van der Waals surface area contributed by atoms with Crippen molar-refractivity contribution in [3.8, 4) is 0 Å². The van der Waals surface area contributed by atoms with E-state index in [1.807, 2.05) is 0 Å². The van der Waals surface area contributed by atoms with Gasteiger partial charge in [0.25, 0.3) is 0 Å². The molecule has 3 heteroatoms. The summed E-state index contributed by atoms with van der Waals surface area (Å²) >= 11 is 3.55. The summed E-state index contributed by atoms with van der Waals surface area (Å²) in [6, 6.07) is 4.28. The Labute approximate surface area is 93.8 Å². The second-order valence-electron chi connectivity index (χ2n) is 3.36. The maximum Gasteiger partial charge on any atom is 0.0635 e. The molecule has 0 aromatic heterocycles. The molecule has 0 aliphatic carbocycles. The van der Waals surface area contributed by atoms with Gasteiger partial charge < -0.3 is 10.1 Å². The minimum atomic E-state index is 0.722. The Kier molecular flexibility index (Phi) is 4.42. The lowest BCUT2D eigenvalue weighted by atomic mass is 10.1. The topological polar surface area (TPSA) is 21.3 Å². The average molecular weight is 258 g/mol. The number of anilines is 1. The van der Waals surface area contributed by atoms with Crippen molar-refractivity contribution in [3.05, 3.63) is 27.7 Å². The van der Waals surface area contributed by atoms with Crippen molar-refractivity contribution in [2.75, 3.05) is 25.6 Å². The van der Waals surface area contributed by atoms with Crippen LogP contribution in [0.1, 0.15) is 11.1 Å². The number of nitrogens with one attached hydrogen (secondary N) is 1. The van der Waals surface area contributed by atoms with Gasteiger partial charge in [-0.25, -0.2) is 0 Å². The van der Waals surface area contributed by atoms with Crippen molar-refractivity contribution in [1.82, 2.24) is 0 Å². The second kappa shape index (κ2) is 5.37. The molecule has 0 radical (unpaired) electrons. The van der Waals surface area contributed by atoms with Crippen LogP contribution in [0.25, 0.3) is 0 Å². The first-order chi connectivity index (χ1) is 6.65. The van der Waals surface area contributed by atoms with Gasteiger partial charge in [-0.05, 0) is 47.0 Å². The molecule has 0 unspecified atom stereocenters. The monoisotopic (exact) mass is 257 g/mol. The molecule has 0 fully saturated rings. The summed E-state index contributed by atoms with van der Waals surface area (Å²) in [6.45, 7) is 5.75. The van der Waals surface area contributed by atoms with Gasteiger partial charge in [-0.1, -0.05) is 6.07 Å². The first kappa shape index (κ1) is 11.5. The number of ether oxygens (including phenoxy) is 1. The molecule has 0 spiro atoms. The third-order valence-electron chi connectivity index (χ3n) is 2.04. The van der Waals surface area contributed by atoms with Crippen molar-refractivity contribution >= 4 is 21.6 Å². The van der Waals surface area contributed by atoms with Gasteiger partial charge in [0.1, 0.15) is 0 Å². The van der Waals surface area contributed by atoms with Crippen LogP contribution < -0.4 is 5.32 Å². The summed E-state index contributed by atoms with van der Waals surface area (Å²) in [6.07, 6.45) is 0. The lowest BCUT2D eigenvalue weighted by molar-refractivity contribution is 0.211. The first-order valence-electron chi connectivity index (χ1n) is 4.64. The van der Waals surface area contributed by atoms with Crippen LogP contribution in [0.3, 0.4) is 0 Å². The molecular weight excluding hydrogens is 242 g/mol. The second-order valence-corrected chi connectivity index (χ2v) is 4.21. The Bertz CT molecular complexity index is 289. The van der Waals surface area contributed by atoms with Gasteiger partial charge in [-0.3, -0.25) is 0 Å². The summed E-state index contributed by atoms with van der Waals surface area (Å²) in [5, 5.41) is 3.34. The maximum absolute atomic E-state index is 4.99. The largest absolute Gasteiger partial charge is 0.383 e. The van der Waals surface area contributed by atoms with Crippen molar-refractivity contribution < 1.29 is 4.74 Å². The Morgan fingerprint density at radius 3 is 2.64 bits per heavy atom. The molecule has 0 aliphatic heterocycles. The van der Waals surface area contributed by atoms with E-state index in [1.165, 1.54) is 11.1 Å². The third-order valence-corrected chi connectivity index (χ3v) is 2.67. The van der Waals surface area contributed by atoms with Crippen LogP contribution in [0.5, 0.6) is 0 Å². The van der Waals surface area contributed by atoms with Gasteiger partial charge >= 0.3 is 0 Å². The van der Waals surface area contributed by atoms with E-state index in [1.54, 1.807) is 7.11 Å². The standard InChI is InChI=1S/C11H16BrNO/c1-8-6-9(2)11(10(12)7-8)13-4-5-14-3/h6-7,13H,4-5H2,1-3H3. The molecule has 1 rings (SSSR count). The van der Waals surface area contributed by atoms with Gasteiger partial charge in [-0.15, -0.1) is 0 Å². The number of benzene rings is 1. The fraction of sp³-hybridized carbons (Fsp3) is 0.455. The normalized spacial score (nSPS) is 10.3. The van der Waals surface area contributed by atoms with Crippen LogP contribution in [0.2, 0.25) is 0 Å². The molecule has 0 heterocycles. The number of hydrogen-bond donors (Lipinski definition) is 1. The van der Waals surface area contributed by atoms with E-state index < -0.39 is 0 Å². The quantitative estimate of drug-likeness (QED) is 0.838. The highest BCUT2D eigenvalue weighted by atomic mass is 79.9. The molecule has 0 atom stereocenters. The van der Waals surface area contributed by atoms with Crippen LogP contribution in [-0.2, 0) is 4.74 Å². The average Bonchev–Trinajstić information content (AvgIpc) is 2.09. The van der Waals surface area contributed by atoms with E-state index in [-0.39, 0.29) is 0 Å². The van der Waals surface area contributed by atoms with E-state index in [9.17, 15) is 0 Å². The van der Waals surface area contributed by atoms with Crippen LogP contribution in [-0.4, -0.2) is 20.3 Å². The van der Waals surface area contributed by atoms with Gasteiger partial charge in [0.2, 0.25) is 0 Å². The fourth-order valence-corrected chi connectivity index (χ4v) is 2.23. The van der Waals surface area contributed by atoms with Crippen LogP contribution in [0.4, 0.5) is 5.69 Å². The smallest absolute Gasteiger partial charge is 0.0635 e. The molecule has 0 aliphatic rings. The Morgan fingerprint density at radius 1 is 1.36 bits per heavy atom. The zero-order chi connectivity index (χ0) is 10.6. The lowest BCUT2D eigenvalue weighted by Crippen LogP contribution is -2.09. The van der Waals surface area contributed by atoms with Gasteiger partial charge in [0.05, 0.1) is 12.3 Å². The molecule has 14 heavy (non-hydrogen) atoms. The highest BCUT2D eigenvalue weighted by Gasteiger charge is 2.03. The predicted octanol–water partition coefficient (Wildman–Crippen LogP) is 3.12. The Balaban J connectivity index is 2.75. The minimum absolute atomic E-state index is 0.722. The number of hydrogen-bond acceptors (Lipinski definition) is 2. The van der Waals surface area contributed by atoms with Crippen molar-refractivity contribution in [2.45, 2.75) is 13.8 Å². The Hall–Kier alpha value is -0.540. The maximum atomic E-state index is 4.99. The van der Waals surface area contributed by atoms with Gasteiger partial charge in [-0.2, -0.15) is 0 Å². The van der Waals surface area contributed by atoms with Crippen LogP contribution >= 0.6 is 15.9 Å². The van der Waals surface area contributed by atoms with Gasteiger partial charge in [0, 0.05) is 18.1 Å². The van der Waals surface area contributed by atoms with E-state index in [4.69, 9.17) is 4.74 Å². The molecule has 1 aromatic carbocycles. The number of methoxy groups -OCH3 is 1. The number of halogens is 1. The van der Waals surface area contributed by atoms with Crippen molar-refractivity contribution in [3.63, 3.8) is 0 Å². The predicted molar refractivity (Wildman–Crippen MR) is 64.0 cm³/mol. The summed E-state index contributed by atoms with van der Waals surface area (Å²) in [7, 11) is 1.71. The first-order valence-corrected chi connectivity index (χ1v) is 5.44. The summed E-state index contributed by atoms with van der Waals surface area (Å²) in [5.74, 6) is 0. The number of aryl methyl sites for hydroxylation is 2. The fourth-order valence-electron chi connectivity index (χ4n) is 1.42. The zero-order valence-electron chi connectivity index (χ0n) is 8.86. The van der Waals surface area contributed by atoms with Crippen molar-refractivity contribution in [1.29, 1.82) is 0 Å². The molecule has 0 amide bonds. The minimum Gasteiger partial charge on any atom is -0.383 e. The summed E-state index contributed by atoms with van der Waals surface area (Å²) < 4.78 is 6.11. The van der Waals surface area contributed by atoms with Crippen molar-refractivity contribution in [2.24, 2.45) is 0 Å². The van der Waals surface area contributed by atoms with Crippen LogP contribution in [0.15, 0.2) is 16.6 Å². The molecular formula is C11H16BrNO. The molecule has 1 N–H and O–H groups in total. The SMILES string of the molecule is COCCNc1c(C)cc(C)cc1Br. The highest BCUT2D eigenvalue weighted by Crippen LogP contribution is 2.27. The highest BCUT2D eigenvalue weighted by molar-refractivity contribution is 9.10. The molecule has 0 saturated carbocycles. The van der Waals surface area contributed by atoms with E-state index in [0.717, 1.165) is 23.3 Å². The molecule has 78 valence electrons. The summed E-state index contributed by atoms with van der Waals surface area (Å²) in [5.41, 5.74) is 3.69. The lowest BCUT2D eigenvalue weighted by Gasteiger charge is -2.12.